The molecule has 114 valence electrons. The van der Waals surface area contributed by atoms with Crippen LogP contribution in [0.2, 0.25) is 0 Å². The summed E-state index contributed by atoms with van der Waals surface area (Å²) in [6.45, 7) is 2.89. The molecule has 0 radical (unpaired) electrons. The Labute approximate surface area is 128 Å². The first-order valence-electron chi connectivity index (χ1n) is 8.16. The van der Waals surface area contributed by atoms with Crippen molar-refractivity contribution >= 4 is 5.69 Å². The molecule has 1 aliphatic rings. The highest BCUT2D eigenvalue weighted by molar-refractivity contribution is 5.48. The van der Waals surface area contributed by atoms with E-state index in [4.69, 9.17) is 10.00 Å². The molecule has 1 unspecified atom stereocenters. The number of nitrogens with zero attached hydrogens (tertiary/aromatic N) is 1. The van der Waals surface area contributed by atoms with E-state index in [1.807, 2.05) is 12.1 Å². The molecule has 0 heterocycles. The molecule has 3 heteroatoms. The molecule has 0 spiro atoms. The lowest BCUT2D eigenvalue weighted by Crippen LogP contribution is -2.27. The van der Waals surface area contributed by atoms with Crippen molar-refractivity contribution < 1.29 is 4.74 Å². The normalized spacial score (nSPS) is 17.0. The van der Waals surface area contributed by atoms with Crippen LogP contribution in [0.3, 0.4) is 0 Å². The Balaban J connectivity index is 1.83. The van der Waals surface area contributed by atoms with Crippen molar-refractivity contribution in [3.05, 3.63) is 24.3 Å². The van der Waals surface area contributed by atoms with Crippen LogP contribution in [0.5, 0.6) is 5.75 Å². The van der Waals surface area contributed by atoms with E-state index in [-0.39, 0.29) is 0 Å². The van der Waals surface area contributed by atoms with Gasteiger partial charge in [0.05, 0.1) is 12.7 Å². The molecule has 1 fully saturated rings. The fourth-order valence-corrected chi connectivity index (χ4v) is 3.03. The van der Waals surface area contributed by atoms with Crippen LogP contribution in [-0.4, -0.2) is 12.6 Å². The molecule has 1 aromatic rings. The molecule has 2 rings (SSSR count). The molecule has 0 saturated heterocycles. The van der Waals surface area contributed by atoms with Gasteiger partial charge in [-0.2, -0.15) is 5.26 Å². The van der Waals surface area contributed by atoms with Crippen molar-refractivity contribution in [1.29, 1.82) is 5.26 Å². The number of hydrogen-bond acceptors (Lipinski definition) is 3. The maximum Gasteiger partial charge on any atom is 0.121 e. The van der Waals surface area contributed by atoms with Crippen molar-refractivity contribution in [2.75, 3.05) is 11.9 Å². The predicted molar refractivity (Wildman–Crippen MR) is 86.4 cm³/mol. The zero-order valence-corrected chi connectivity index (χ0v) is 13.0. The standard InChI is InChI=1S/C18H26N2O/c1-15(16-8-3-2-4-9-16)20-17-10-7-11-18(14-17)21-13-6-5-12-19/h7,10-11,14-16,20H,2-6,8-9,13H2,1H3. The van der Waals surface area contributed by atoms with Gasteiger partial charge in [-0.3, -0.25) is 0 Å². The average Bonchev–Trinajstić information content (AvgIpc) is 2.53. The van der Waals surface area contributed by atoms with Crippen LogP contribution < -0.4 is 10.1 Å². The second-order valence-electron chi connectivity index (χ2n) is 5.97. The van der Waals surface area contributed by atoms with Crippen molar-refractivity contribution in [3.63, 3.8) is 0 Å². The van der Waals surface area contributed by atoms with Crippen LogP contribution in [0.1, 0.15) is 51.9 Å². The van der Waals surface area contributed by atoms with Gasteiger partial charge in [-0.15, -0.1) is 0 Å². The summed E-state index contributed by atoms with van der Waals surface area (Å²) in [5.41, 5.74) is 1.13. The van der Waals surface area contributed by atoms with Crippen LogP contribution in [0.15, 0.2) is 24.3 Å². The molecule has 0 amide bonds. The predicted octanol–water partition coefficient (Wildman–Crippen LogP) is 4.75. The first-order chi connectivity index (χ1) is 10.3. The van der Waals surface area contributed by atoms with Crippen molar-refractivity contribution in [3.8, 4) is 11.8 Å². The Morgan fingerprint density at radius 1 is 1.33 bits per heavy atom. The summed E-state index contributed by atoms with van der Waals surface area (Å²) in [7, 11) is 0. The van der Waals surface area contributed by atoms with Gasteiger partial charge in [0.2, 0.25) is 0 Å². The lowest BCUT2D eigenvalue weighted by Gasteiger charge is -2.29. The molecule has 0 aliphatic heterocycles. The third-order valence-corrected chi connectivity index (χ3v) is 4.29. The minimum atomic E-state index is 0.513. The highest BCUT2D eigenvalue weighted by Crippen LogP contribution is 2.28. The molecule has 1 N–H and O–H groups in total. The Morgan fingerprint density at radius 2 is 2.14 bits per heavy atom. The fourth-order valence-electron chi connectivity index (χ4n) is 3.03. The second kappa shape index (κ2) is 8.56. The number of unbranched alkanes of at least 4 members (excludes halogenated alkanes) is 1. The minimum Gasteiger partial charge on any atom is -0.493 e. The Kier molecular flexibility index (Phi) is 6.40. The lowest BCUT2D eigenvalue weighted by atomic mass is 9.84. The molecule has 21 heavy (non-hydrogen) atoms. The zero-order valence-electron chi connectivity index (χ0n) is 13.0. The summed E-state index contributed by atoms with van der Waals surface area (Å²) >= 11 is 0. The monoisotopic (exact) mass is 286 g/mol. The number of benzene rings is 1. The number of hydrogen-bond donors (Lipinski definition) is 1. The van der Waals surface area contributed by atoms with Gasteiger partial charge in [-0.25, -0.2) is 0 Å². The van der Waals surface area contributed by atoms with Crippen LogP contribution in [0.25, 0.3) is 0 Å². The molecular formula is C18H26N2O. The average molecular weight is 286 g/mol. The smallest absolute Gasteiger partial charge is 0.121 e. The van der Waals surface area contributed by atoms with Crippen LogP contribution in [-0.2, 0) is 0 Å². The maximum atomic E-state index is 8.51. The van der Waals surface area contributed by atoms with Crippen LogP contribution in [0.4, 0.5) is 5.69 Å². The van der Waals surface area contributed by atoms with Gasteiger partial charge < -0.3 is 10.1 Å². The largest absolute Gasteiger partial charge is 0.493 e. The van der Waals surface area contributed by atoms with Crippen LogP contribution >= 0.6 is 0 Å². The summed E-state index contributed by atoms with van der Waals surface area (Å²) in [5, 5.41) is 12.1. The van der Waals surface area contributed by atoms with E-state index in [1.54, 1.807) is 0 Å². The first-order valence-corrected chi connectivity index (χ1v) is 8.16. The first kappa shape index (κ1) is 15.7. The van der Waals surface area contributed by atoms with Gasteiger partial charge in [-0.05, 0) is 44.2 Å². The van der Waals surface area contributed by atoms with Gasteiger partial charge in [0.25, 0.3) is 0 Å². The SMILES string of the molecule is CC(Nc1cccc(OCCCC#N)c1)C1CCCCC1. The topological polar surface area (TPSA) is 45.0 Å². The van der Waals surface area contributed by atoms with Gasteiger partial charge in [0.15, 0.2) is 0 Å². The number of anilines is 1. The van der Waals surface area contributed by atoms with E-state index < -0.39 is 0 Å². The van der Waals surface area contributed by atoms with Gasteiger partial charge in [0.1, 0.15) is 5.75 Å². The highest BCUT2D eigenvalue weighted by atomic mass is 16.5. The van der Waals surface area contributed by atoms with E-state index in [2.05, 4.69) is 30.4 Å². The van der Waals surface area contributed by atoms with Gasteiger partial charge in [0, 0.05) is 24.2 Å². The van der Waals surface area contributed by atoms with Crippen molar-refractivity contribution in [1.82, 2.24) is 0 Å². The summed E-state index contributed by atoms with van der Waals surface area (Å²) in [4.78, 5) is 0. The third-order valence-electron chi connectivity index (χ3n) is 4.29. The molecule has 3 nitrogen and oxygen atoms in total. The number of nitriles is 1. The Morgan fingerprint density at radius 3 is 2.90 bits per heavy atom. The minimum absolute atomic E-state index is 0.513. The quantitative estimate of drug-likeness (QED) is 0.736. The lowest BCUT2D eigenvalue weighted by molar-refractivity contribution is 0.312. The van der Waals surface area contributed by atoms with Gasteiger partial charge in [-0.1, -0.05) is 25.3 Å². The van der Waals surface area contributed by atoms with E-state index >= 15 is 0 Å². The molecule has 1 atom stereocenters. The van der Waals surface area contributed by atoms with E-state index in [9.17, 15) is 0 Å². The molecule has 1 aromatic carbocycles. The number of nitrogens with one attached hydrogen (secondary N) is 1. The fraction of sp³-hybridized carbons (Fsp3) is 0.611. The molecule has 0 bridgehead atoms. The van der Waals surface area contributed by atoms with Crippen molar-refractivity contribution in [2.45, 2.75) is 57.9 Å². The number of ether oxygens (including phenoxy) is 1. The highest BCUT2D eigenvalue weighted by Gasteiger charge is 2.19. The van der Waals surface area contributed by atoms with E-state index in [0.717, 1.165) is 23.8 Å². The maximum absolute atomic E-state index is 8.51. The summed E-state index contributed by atoms with van der Waals surface area (Å²) in [6, 6.07) is 10.8. The number of rotatable bonds is 7. The Hall–Kier alpha value is -1.69. The Bertz CT molecular complexity index is 461. The summed E-state index contributed by atoms with van der Waals surface area (Å²) < 4.78 is 5.68. The van der Waals surface area contributed by atoms with Crippen molar-refractivity contribution in [2.24, 2.45) is 5.92 Å². The molecule has 0 aromatic heterocycles. The second-order valence-corrected chi connectivity index (χ2v) is 5.97. The molecule has 1 saturated carbocycles. The summed E-state index contributed by atoms with van der Waals surface area (Å²) in [5.74, 6) is 1.67. The zero-order chi connectivity index (χ0) is 14.9. The van der Waals surface area contributed by atoms with E-state index in [1.165, 1.54) is 32.1 Å². The molecular weight excluding hydrogens is 260 g/mol. The van der Waals surface area contributed by atoms with E-state index in [0.29, 0.717) is 19.1 Å². The van der Waals surface area contributed by atoms with Crippen LogP contribution in [0, 0.1) is 17.2 Å². The summed E-state index contributed by atoms with van der Waals surface area (Å²) in [6.07, 6.45) is 8.17. The molecule has 1 aliphatic carbocycles. The van der Waals surface area contributed by atoms with Gasteiger partial charge >= 0.3 is 0 Å². The third kappa shape index (κ3) is 5.30.